The average molecular weight is 241 g/mol. The van der Waals surface area contributed by atoms with Crippen LogP contribution in [0.3, 0.4) is 0 Å². The molecule has 3 rings (SSSR count). The molecule has 1 heteroatoms. The molecular weight excluding hydrogens is 229 g/mol. The van der Waals surface area contributed by atoms with Crippen LogP contribution in [0.5, 0.6) is 0 Å². The molecule has 0 amide bonds. The van der Waals surface area contributed by atoms with Gasteiger partial charge in [0.05, 0.1) is 0 Å². The molecule has 2 aromatic rings. The van der Waals surface area contributed by atoms with E-state index >= 15 is 0 Å². The Hall–Kier alpha value is -1.02. The first kappa shape index (κ1) is 8.30. The fourth-order valence-corrected chi connectivity index (χ4v) is 4.03. The normalized spacial score (nSPS) is 12.6. The minimum absolute atomic E-state index is 0.774. The monoisotopic (exact) mass is 242 g/mol. The molecule has 68 valence electrons. The van der Waals surface area contributed by atoms with Crippen LogP contribution in [-0.4, -0.2) is 16.5 Å². The average Bonchev–Trinajstić information content (AvgIpc) is 2.57. The van der Waals surface area contributed by atoms with Crippen molar-refractivity contribution in [2.24, 2.45) is 0 Å². The molecule has 1 aliphatic carbocycles. The van der Waals surface area contributed by atoms with Crippen molar-refractivity contribution < 1.29 is 0 Å². The van der Waals surface area contributed by atoms with Crippen LogP contribution < -0.4 is 4.40 Å². The Kier molecular flexibility index (Phi) is 1.77. The molecule has 0 saturated heterocycles. The summed E-state index contributed by atoms with van der Waals surface area (Å²) in [5.74, 6) is 0. The number of hydrogen-bond acceptors (Lipinski definition) is 0. The first-order valence-electron chi connectivity index (χ1n) is 5.03. The third-order valence-corrected chi connectivity index (χ3v) is 4.78. The molecule has 0 radical (unpaired) electrons. The molecule has 0 unspecified atom stereocenters. The van der Waals surface area contributed by atoms with Crippen LogP contribution in [0.4, 0.5) is 0 Å². The first-order chi connectivity index (χ1) is 6.86. The zero-order valence-corrected chi connectivity index (χ0v) is 12.4. The van der Waals surface area contributed by atoms with E-state index < -0.39 is 0 Å². The quantitative estimate of drug-likeness (QED) is 0.519. The summed E-state index contributed by atoms with van der Waals surface area (Å²) >= 11 is 0.774. The van der Waals surface area contributed by atoms with E-state index in [1.807, 2.05) is 0 Å². The predicted octanol–water partition coefficient (Wildman–Crippen LogP) is 1.25. The van der Waals surface area contributed by atoms with E-state index in [2.05, 4.69) is 42.5 Å². The molecule has 0 aromatic heterocycles. The zero-order valence-electron chi connectivity index (χ0n) is 8.25. The van der Waals surface area contributed by atoms with Crippen LogP contribution >= 0.6 is 0 Å². The minimum atomic E-state index is 0.774. The zero-order chi connectivity index (χ0) is 9.54. The second-order valence-electron chi connectivity index (χ2n) is 3.94. The van der Waals surface area contributed by atoms with Gasteiger partial charge >= 0.3 is 92.0 Å². The number of rotatable bonds is 0. The fraction of sp³-hybridized carbons (Fsp3) is 0.0769. The van der Waals surface area contributed by atoms with Gasteiger partial charge in [0, 0.05) is 0 Å². The summed E-state index contributed by atoms with van der Waals surface area (Å²) in [6.07, 6.45) is 1.13. The topological polar surface area (TPSA) is 0 Å². The van der Waals surface area contributed by atoms with E-state index in [4.69, 9.17) is 0 Å². The van der Waals surface area contributed by atoms with Gasteiger partial charge in [-0.05, 0) is 0 Å². The van der Waals surface area contributed by atoms with Crippen molar-refractivity contribution in [1.82, 2.24) is 0 Å². The van der Waals surface area contributed by atoms with E-state index in [-0.39, 0.29) is 0 Å². The third-order valence-electron chi connectivity index (χ3n) is 3.03. The summed E-state index contributed by atoms with van der Waals surface area (Å²) < 4.78 is 1.58. The molecule has 0 heterocycles. The maximum absolute atomic E-state index is 2.28. The van der Waals surface area contributed by atoms with Gasteiger partial charge < -0.3 is 0 Å². The Balaban J connectivity index is 2.35. The molecular formula is C13H12Ge. The first-order valence-corrected chi connectivity index (χ1v) is 7.13. The fourth-order valence-electron chi connectivity index (χ4n) is 2.38. The molecule has 0 spiro atoms. The van der Waals surface area contributed by atoms with Crippen LogP contribution in [-0.2, 0) is 6.42 Å². The van der Waals surface area contributed by atoms with Gasteiger partial charge in [-0.2, -0.15) is 0 Å². The molecule has 14 heavy (non-hydrogen) atoms. The van der Waals surface area contributed by atoms with Crippen LogP contribution in [0.2, 0.25) is 0 Å². The summed E-state index contributed by atoms with van der Waals surface area (Å²) in [5.41, 5.74) is 6.05. The maximum atomic E-state index is 2.28. The van der Waals surface area contributed by atoms with Gasteiger partial charge in [0.25, 0.3) is 0 Å². The van der Waals surface area contributed by atoms with Crippen LogP contribution in [0.15, 0.2) is 42.5 Å². The van der Waals surface area contributed by atoms with Gasteiger partial charge in [-0.3, -0.25) is 0 Å². The van der Waals surface area contributed by atoms with Crippen LogP contribution in [0.25, 0.3) is 11.1 Å². The van der Waals surface area contributed by atoms with Crippen molar-refractivity contribution >= 4 is 20.9 Å². The molecule has 1 aliphatic rings. The number of fused-ring (bicyclic) bond motifs is 3. The van der Waals surface area contributed by atoms with Crippen molar-refractivity contribution in [1.29, 1.82) is 0 Å². The van der Waals surface area contributed by atoms with Crippen molar-refractivity contribution in [3.8, 4) is 11.1 Å². The summed E-state index contributed by atoms with van der Waals surface area (Å²) in [6.45, 7) is 0. The van der Waals surface area contributed by atoms with Gasteiger partial charge in [0.2, 0.25) is 0 Å². The van der Waals surface area contributed by atoms with E-state index in [1.165, 1.54) is 16.7 Å². The van der Waals surface area contributed by atoms with Crippen molar-refractivity contribution in [2.45, 2.75) is 6.42 Å². The van der Waals surface area contributed by atoms with Crippen molar-refractivity contribution in [3.05, 3.63) is 53.6 Å². The molecule has 0 atom stereocenters. The predicted molar refractivity (Wildman–Crippen MR) is 64.3 cm³/mol. The summed E-state index contributed by atoms with van der Waals surface area (Å²) in [6, 6.07) is 15.5. The van der Waals surface area contributed by atoms with Gasteiger partial charge in [0.1, 0.15) is 0 Å². The number of hydrogen-bond donors (Lipinski definition) is 0. The second-order valence-corrected chi connectivity index (χ2v) is 6.20. The Morgan fingerprint density at radius 3 is 2.57 bits per heavy atom. The molecule has 0 aliphatic heterocycles. The molecule has 2 aromatic carbocycles. The van der Waals surface area contributed by atoms with Crippen molar-refractivity contribution in [2.75, 3.05) is 0 Å². The summed E-state index contributed by atoms with van der Waals surface area (Å²) in [5, 5.41) is 0. The SMILES string of the molecule is [GeH3][c]1cccc2c1-c1ccccc1C2. The van der Waals surface area contributed by atoms with Crippen LogP contribution in [0.1, 0.15) is 11.1 Å². The molecule has 0 fully saturated rings. The van der Waals surface area contributed by atoms with Crippen LogP contribution in [0, 0.1) is 0 Å². The number of benzene rings is 2. The van der Waals surface area contributed by atoms with E-state index in [1.54, 1.807) is 9.96 Å². The molecule has 0 N–H and O–H groups in total. The third kappa shape index (κ3) is 1.07. The summed E-state index contributed by atoms with van der Waals surface area (Å²) in [7, 11) is 0. The van der Waals surface area contributed by atoms with Gasteiger partial charge in [0.15, 0.2) is 0 Å². The Morgan fingerprint density at radius 1 is 0.857 bits per heavy atom. The van der Waals surface area contributed by atoms with E-state index in [0.717, 1.165) is 22.9 Å². The Bertz CT molecular complexity index is 500. The second kappa shape index (κ2) is 2.99. The van der Waals surface area contributed by atoms with Gasteiger partial charge in [-0.15, -0.1) is 0 Å². The molecule has 0 bridgehead atoms. The molecule has 0 nitrogen and oxygen atoms in total. The van der Waals surface area contributed by atoms with Gasteiger partial charge in [-0.25, -0.2) is 0 Å². The summed E-state index contributed by atoms with van der Waals surface area (Å²) in [4.78, 5) is 0. The van der Waals surface area contributed by atoms with Crippen molar-refractivity contribution in [3.63, 3.8) is 0 Å². The molecule has 0 saturated carbocycles. The Labute approximate surface area is 92.2 Å². The Morgan fingerprint density at radius 2 is 1.64 bits per heavy atom. The van der Waals surface area contributed by atoms with E-state index in [9.17, 15) is 0 Å². The van der Waals surface area contributed by atoms with Gasteiger partial charge in [-0.1, -0.05) is 0 Å². The van der Waals surface area contributed by atoms with E-state index in [0.29, 0.717) is 0 Å². The standard InChI is InChI=1S/C13H12Ge/c14-12-7-3-5-10-8-9-4-1-2-6-11(9)13(10)12/h1-7H,8H2,14H3.